The van der Waals surface area contributed by atoms with E-state index in [1.807, 2.05) is 36.4 Å². The molecule has 12 rings (SSSR count). The predicted molar refractivity (Wildman–Crippen MR) is 366 cm³/mol. The summed E-state index contributed by atoms with van der Waals surface area (Å²) in [6.45, 7) is -0.427. The number of anilines is 4. The Morgan fingerprint density at radius 2 is 0.960 bits per heavy atom. The molecule has 0 bridgehead atoms. The van der Waals surface area contributed by atoms with Gasteiger partial charge in [-0.2, -0.15) is 0 Å². The van der Waals surface area contributed by atoms with Crippen molar-refractivity contribution in [1.82, 2.24) is 20.6 Å². The van der Waals surface area contributed by atoms with Gasteiger partial charge in [0.25, 0.3) is 11.8 Å². The van der Waals surface area contributed by atoms with E-state index in [1.165, 1.54) is 70.3 Å². The molecule has 0 atom stereocenters. The molecule has 0 saturated heterocycles. The summed E-state index contributed by atoms with van der Waals surface area (Å²) in [5.74, 6) is -4.09. The highest BCUT2D eigenvalue weighted by atomic mass is 19.4. The van der Waals surface area contributed by atoms with Crippen molar-refractivity contribution in [2.45, 2.75) is 102 Å². The molecule has 2 aliphatic carbocycles. The van der Waals surface area contributed by atoms with Gasteiger partial charge in [-0.15, -0.1) is 26.3 Å². The topological polar surface area (TPSA) is 237 Å². The van der Waals surface area contributed by atoms with Crippen molar-refractivity contribution in [3.8, 4) is 34.4 Å². The quantitative estimate of drug-likeness (QED) is 0.0281. The molecule has 0 aliphatic heterocycles. The van der Waals surface area contributed by atoms with Crippen molar-refractivity contribution >= 4 is 86.3 Å². The van der Waals surface area contributed by atoms with E-state index >= 15 is 0 Å². The first-order valence-electron chi connectivity index (χ1n) is 32.8. The molecule has 25 heteroatoms. The molecule has 518 valence electrons. The fraction of sp³-hybridized carbons (Fsp3) is 0.237. The summed E-state index contributed by atoms with van der Waals surface area (Å²) in [4.78, 5) is 92.3. The lowest BCUT2D eigenvalue weighted by Gasteiger charge is -2.26. The Bertz CT molecular complexity index is 4620. The summed E-state index contributed by atoms with van der Waals surface area (Å²) in [7, 11) is 0. The van der Waals surface area contributed by atoms with Crippen LogP contribution in [0.5, 0.6) is 11.5 Å². The fourth-order valence-corrected chi connectivity index (χ4v) is 12.1. The zero-order valence-electron chi connectivity index (χ0n) is 54.1. The molecule has 0 radical (unpaired) electrons. The Labute approximate surface area is 574 Å². The van der Waals surface area contributed by atoms with Gasteiger partial charge in [0.2, 0.25) is 11.8 Å². The highest BCUT2D eigenvalue weighted by Crippen LogP contribution is 2.41. The molecule has 4 N–H and O–H groups in total. The van der Waals surface area contributed by atoms with Crippen LogP contribution in [0.3, 0.4) is 0 Å². The molecule has 1 saturated carbocycles. The van der Waals surface area contributed by atoms with E-state index in [2.05, 4.69) is 46.8 Å². The Balaban J connectivity index is 0.631. The molecule has 0 spiro atoms. The molecule has 6 amide bonds. The number of alkyl halides is 6. The van der Waals surface area contributed by atoms with Crippen LogP contribution >= 0.6 is 0 Å². The number of rotatable bonds is 22. The summed E-state index contributed by atoms with van der Waals surface area (Å²) in [5.41, 5.74) is 7.32. The SMILES string of the molecule is O=C(CCNC(=O)c1ccc(CN(C(=O)Nc2ccc(OC(F)(F)F)c(-c3nc4ccccc4o3)c2)c2ccc(C3=CCCCC3)cc2)cc1)OC(=O)CCNC(=O)c1ccc(CN(C(=O)Nc2ccc(OC(F)(F)F)c(-c3nc4ccccc4o3)c2)c2ccc(C3CCCCC3)cc2)cc1. The van der Waals surface area contributed by atoms with Crippen LogP contribution in [0.2, 0.25) is 0 Å². The van der Waals surface area contributed by atoms with E-state index in [9.17, 15) is 55.1 Å². The van der Waals surface area contributed by atoms with E-state index in [1.54, 1.807) is 84.9 Å². The van der Waals surface area contributed by atoms with E-state index in [0.717, 1.165) is 74.6 Å². The van der Waals surface area contributed by atoms with E-state index in [0.29, 0.717) is 50.6 Å². The Hall–Kier alpha value is -11.8. The number of para-hydroxylation sites is 4. The first-order valence-corrected chi connectivity index (χ1v) is 32.8. The molecular formula is C76H66F6N8O11. The zero-order valence-corrected chi connectivity index (χ0v) is 54.1. The predicted octanol–water partition coefficient (Wildman–Crippen LogP) is 17.6. The standard InChI is InChI=1S/C76H66F6N8O11/c77-75(78,79)100-63-37-31-55(43-59(63)71-87-61-15-7-9-17-65(61)97-71)85-73(95)89(57-33-27-51(28-34-57)49-11-3-1-4-12-49)45-47-19-23-53(24-20-47)69(93)83-41-39-67(91)99-68(92)40-42-84-70(94)54-25-21-48(22-26-54)46-90(58-35-29-52(30-36-58)50-13-5-2-6-14-50)74(96)86-56-32-38-64(101-76(80,81)82)60(44-56)72-88-62-16-8-10-18-66(62)98-72/h7-11,15-38,43-44,50H,1-6,12-14,39-42,45-46H2,(H,83,93)(H,84,94)(H,85,95)(H,86,96). The number of carbonyl (C=O) groups excluding carboxylic acids is 6. The third-order valence-electron chi connectivity index (χ3n) is 17.1. The minimum atomic E-state index is -5.05. The Morgan fingerprint density at radius 1 is 0.505 bits per heavy atom. The van der Waals surface area contributed by atoms with Gasteiger partial charge in [0.15, 0.2) is 11.2 Å². The van der Waals surface area contributed by atoms with E-state index < -0.39 is 60.0 Å². The van der Waals surface area contributed by atoms with Crippen molar-refractivity contribution in [2.24, 2.45) is 0 Å². The third-order valence-corrected chi connectivity index (χ3v) is 17.1. The minimum absolute atomic E-state index is 0.00735. The second kappa shape index (κ2) is 31.0. The second-order valence-corrected chi connectivity index (χ2v) is 24.2. The van der Waals surface area contributed by atoms with Crippen molar-refractivity contribution in [1.29, 1.82) is 0 Å². The molecule has 1 fully saturated rings. The second-order valence-electron chi connectivity index (χ2n) is 24.2. The largest absolute Gasteiger partial charge is 0.573 e. The number of urea groups is 2. The van der Waals surface area contributed by atoms with Crippen LogP contribution in [-0.2, 0) is 27.4 Å². The molecule has 2 heterocycles. The average Bonchev–Trinajstić information content (AvgIpc) is 1.72. The van der Waals surface area contributed by atoms with Gasteiger partial charge in [-0.25, -0.2) is 19.6 Å². The lowest BCUT2D eigenvalue weighted by molar-refractivity contribution is -0.275. The number of aromatic nitrogens is 2. The van der Waals surface area contributed by atoms with Crippen molar-refractivity contribution in [3.63, 3.8) is 0 Å². The summed E-state index contributed by atoms with van der Waals surface area (Å²) in [6, 6.07) is 47.0. The van der Waals surface area contributed by atoms with Crippen LogP contribution in [-0.4, -0.2) is 71.6 Å². The Kier molecular flexibility index (Phi) is 21.2. The number of halogens is 6. The lowest BCUT2D eigenvalue weighted by atomic mass is 9.84. The number of benzene rings is 8. The molecule has 8 aromatic carbocycles. The van der Waals surface area contributed by atoms with Gasteiger partial charge in [-0.1, -0.05) is 98.1 Å². The molecule has 19 nitrogen and oxygen atoms in total. The first kappa shape index (κ1) is 69.2. The van der Waals surface area contributed by atoms with Gasteiger partial charge >= 0.3 is 36.7 Å². The first-order chi connectivity index (χ1) is 48.7. The lowest BCUT2D eigenvalue weighted by Crippen LogP contribution is -2.34. The number of nitrogens with one attached hydrogen (secondary N) is 4. The van der Waals surface area contributed by atoms with Gasteiger partial charge < -0.3 is 44.3 Å². The molecule has 10 aromatic rings. The summed E-state index contributed by atoms with van der Waals surface area (Å²) in [5, 5.41) is 10.9. The van der Waals surface area contributed by atoms with Crippen LogP contribution in [0, 0.1) is 0 Å². The van der Waals surface area contributed by atoms with Crippen molar-refractivity contribution in [3.05, 3.63) is 221 Å². The van der Waals surface area contributed by atoms with Gasteiger partial charge in [0, 0.05) is 47.0 Å². The van der Waals surface area contributed by atoms with Crippen LogP contribution < -0.4 is 40.5 Å². The average molecular weight is 1380 g/mol. The Morgan fingerprint density at radius 3 is 1.40 bits per heavy atom. The van der Waals surface area contributed by atoms with Crippen LogP contribution in [0.4, 0.5) is 58.7 Å². The number of hydrogen-bond acceptors (Lipinski definition) is 13. The number of fused-ring (bicyclic) bond motifs is 2. The minimum Gasteiger partial charge on any atom is -0.436 e. The third kappa shape index (κ3) is 18.1. The maximum atomic E-state index is 14.4. The normalized spacial score (nSPS) is 13.4. The molecule has 2 aromatic heterocycles. The molecule has 101 heavy (non-hydrogen) atoms. The molecule has 2 aliphatic rings. The van der Waals surface area contributed by atoms with Gasteiger partial charge in [-0.05, 0) is 181 Å². The monoisotopic (exact) mass is 1380 g/mol. The fourth-order valence-electron chi connectivity index (χ4n) is 12.1. The number of carbonyl (C=O) groups is 6. The van der Waals surface area contributed by atoms with Crippen LogP contribution in [0.15, 0.2) is 197 Å². The van der Waals surface area contributed by atoms with Crippen LogP contribution in [0.25, 0.3) is 50.7 Å². The number of nitrogens with zero attached hydrogens (tertiary/aromatic N) is 4. The number of ether oxygens (including phenoxy) is 3. The maximum Gasteiger partial charge on any atom is 0.573 e. The van der Waals surface area contributed by atoms with Gasteiger partial charge in [-0.3, -0.25) is 29.0 Å². The summed E-state index contributed by atoms with van der Waals surface area (Å²) in [6.07, 6.45) is 0.935. The molecule has 0 unspecified atom stereocenters. The summed E-state index contributed by atoms with van der Waals surface area (Å²) >= 11 is 0. The van der Waals surface area contributed by atoms with Gasteiger partial charge in [0.05, 0.1) is 37.1 Å². The maximum absolute atomic E-state index is 14.4. The summed E-state index contributed by atoms with van der Waals surface area (Å²) < 4.78 is 107. The number of allylic oxidation sites excluding steroid dienone is 2. The number of hydrogen-bond donors (Lipinski definition) is 4. The highest BCUT2D eigenvalue weighted by molar-refractivity contribution is 6.04. The zero-order chi connectivity index (χ0) is 70.6. The van der Waals surface area contributed by atoms with Crippen LogP contribution in [0.1, 0.15) is 120 Å². The van der Waals surface area contributed by atoms with Crippen molar-refractivity contribution < 1.29 is 78.2 Å². The van der Waals surface area contributed by atoms with Gasteiger partial charge in [0.1, 0.15) is 22.5 Å². The highest BCUT2D eigenvalue weighted by Gasteiger charge is 2.35. The molecular weight excluding hydrogens is 1310 g/mol. The smallest absolute Gasteiger partial charge is 0.436 e. The number of amides is 6. The number of esters is 2. The van der Waals surface area contributed by atoms with E-state index in [-0.39, 0.29) is 84.4 Å². The van der Waals surface area contributed by atoms with E-state index in [4.69, 9.17) is 13.6 Å². The number of oxazole rings is 2. The van der Waals surface area contributed by atoms with Crippen molar-refractivity contribution in [2.75, 3.05) is 33.5 Å².